The van der Waals surface area contributed by atoms with Crippen LogP contribution in [-0.2, 0) is 0 Å². The third kappa shape index (κ3) is 4.31. The molecule has 2 rings (SSSR count). The second-order valence-electron chi connectivity index (χ2n) is 5.59. The molecule has 1 aromatic carbocycles. The van der Waals surface area contributed by atoms with E-state index in [0.717, 1.165) is 6.42 Å². The van der Waals surface area contributed by atoms with Crippen molar-refractivity contribution >= 4 is 23.4 Å². The molecule has 0 unspecified atom stereocenters. The second-order valence-corrected chi connectivity index (χ2v) is 6.79. The van der Waals surface area contributed by atoms with Crippen molar-refractivity contribution in [2.75, 3.05) is 12.9 Å². The summed E-state index contributed by atoms with van der Waals surface area (Å²) in [4.78, 5) is 18.9. The van der Waals surface area contributed by atoms with Crippen molar-refractivity contribution in [1.29, 1.82) is 5.26 Å². The van der Waals surface area contributed by atoms with Crippen LogP contribution in [0.2, 0.25) is 5.02 Å². The number of nitrogens with one attached hydrogen (secondary N) is 1. The topological polar surface area (TPSA) is 78.8 Å². The summed E-state index contributed by atoms with van der Waals surface area (Å²) in [6.07, 6.45) is 2.73. The Hall–Kier alpha value is -1.97. The SMILES string of the molecule is CSc1nc(-c2ccc(OCCC(C)C)c(Cl)c2)c(C#N)c(=O)[nH]1. The minimum atomic E-state index is -0.458. The fourth-order valence-corrected chi connectivity index (χ4v) is 2.64. The fraction of sp³-hybridized carbons (Fsp3) is 0.353. The summed E-state index contributed by atoms with van der Waals surface area (Å²) in [6.45, 7) is 4.83. The molecule has 0 atom stereocenters. The standard InChI is InChI=1S/C17H18ClN3O2S/c1-10(2)6-7-23-14-5-4-11(8-13(14)18)15-12(9-19)16(22)21-17(20-15)24-3/h4-5,8,10H,6-7H2,1-3H3,(H,20,21,22). The lowest BCUT2D eigenvalue weighted by Gasteiger charge is -2.11. The molecule has 0 aliphatic carbocycles. The molecular formula is C17H18ClN3O2S. The molecule has 5 nitrogen and oxygen atoms in total. The molecule has 24 heavy (non-hydrogen) atoms. The number of halogens is 1. The van der Waals surface area contributed by atoms with Crippen LogP contribution in [0, 0.1) is 17.2 Å². The van der Waals surface area contributed by atoms with Gasteiger partial charge in [0.15, 0.2) is 5.16 Å². The van der Waals surface area contributed by atoms with E-state index in [1.807, 2.05) is 6.07 Å². The van der Waals surface area contributed by atoms with Gasteiger partial charge in [0, 0.05) is 5.56 Å². The van der Waals surface area contributed by atoms with Crippen molar-refractivity contribution in [3.8, 4) is 23.1 Å². The van der Waals surface area contributed by atoms with Crippen LogP contribution in [0.1, 0.15) is 25.8 Å². The molecule has 0 aliphatic rings. The van der Waals surface area contributed by atoms with E-state index in [-0.39, 0.29) is 5.56 Å². The highest BCUT2D eigenvalue weighted by Gasteiger charge is 2.15. The number of aromatic nitrogens is 2. The van der Waals surface area contributed by atoms with Crippen molar-refractivity contribution in [3.63, 3.8) is 0 Å². The van der Waals surface area contributed by atoms with Crippen molar-refractivity contribution < 1.29 is 4.74 Å². The zero-order valence-corrected chi connectivity index (χ0v) is 15.3. The Balaban J connectivity index is 2.37. The first kappa shape index (κ1) is 18.4. The van der Waals surface area contributed by atoms with Crippen LogP contribution in [-0.4, -0.2) is 22.8 Å². The number of nitrogens with zero attached hydrogens (tertiary/aromatic N) is 2. The molecule has 0 fully saturated rings. The van der Waals surface area contributed by atoms with Gasteiger partial charge in [-0.2, -0.15) is 5.26 Å². The van der Waals surface area contributed by atoms with Crippen molar-refractivity contribution in [2.45, 2.75) is 25.4 Å². The first-order valence-electron chi connectivity index (χ1n) is 7.47. The van der Waals surface area contributed by atoms with E-state index >= 15 is 0 Å². The molecule has 1 aromatic heterocycles. The molecular weight excluding hydrogens is 346 g/mol. The van der Waals surface area contributed by atoms with Gasteiger partial charge in [0.1, 0.15) is 17.4 Å². The van der Waals surface area contributed by atoms with E-state index < -0.39 is 5.56 Å². The van der Waals surface area contributed by atoms with Gasteiger partial charge < -0.3 is 9.72 Å². The van der Waals surface area contributed by atoms with Crippen molar-refractivity contribution in [2.24, 2.45) is 5.92 Å². The van der Waals surface area contributed by atoms with E-state index in [2.05, 4.69) is 23.8 Å². The predicted octanol–water partition coefficient (Wildman–Crippen LogP) is 4.11. The highest BCUT2D eigenvalue weighted by Crippen LogP contribution is 2.31. The maximum Gasteiger partial charge on any atom is 0.270 e. The quantitative estimate of drug-likeness (QED) is 0.617. The molecule has 0 aliphatic heterocycles. The molecule has 0 radical (unpaired) electrons. The summed E-state index contributed by atoms with van der Waals surface area (Å²) < 4.78 is 5.67. The molecule has 0 spiro atoms. The minimum Gasteiger partial charge on any atom is -0.492 e. The summed E-state index contributed by atoms with van der Waals surface area (Å²) >= 11 is 7.58. The fourth-order valence-electron chi connectivity index (χ4n) is 2.03. The van der Waals surface area contributed by atoms with Gasteiger partial charge in [-0.15, -0.1) is 0 Å². The van der Waals surface area contributed by atoms with E-state index in [1.54, 1.807) is 24.5 Å². The smallest absolute Gasteiger partial charge is 0.270 e. The normalized spacial score (nSPS) is 10.7. The number of H-pyrrole nitrogens is 1. The maximum absolute atomic E-state index is 12.0. The number of thioether (sulfide) groups is 1. The van der Waals surface area contributed by atoms with Gasteiger partial charge in [-0.3, -0.25) is 4.79 Å². The number of rotatable bonds is 6. The molecule has 2 aromatic rings. The molecule has 1 heterocycles. The van der Waals surface area contributed by atoms with E-state index in [9.17, 15) is 10.1 Å². The number of aromatic amines is 1. The van der Waals surface area contributed by atoms with Crippen molar-refractivity contribution in [3.05, 3.63) is 39.1 Å². The zero-order chi connectivity index (χ0) is 17.7. The predicted molar refractivity (Wildman–Crippen MR) is 96.7 cm³/mol. The number of hydrogen-bond acceptors (Lipinski definition) is 5. The Morgan fingerprint density at radius 2 is 2.21 bits per heavy atom. The van der Waals surface area contributed by atoms with Gasteiger partial charge >= 0.3 is 0 Å². The number of ether oxygens (including phenoxy) is 1. The molecule has 7 heteroatoms. The van der Waals surface area contributed by atoms with E-state index in [0.29, 0.717) is 39.7 Å². The third-order valence-electron chi connectivity index (χ3n) is 3.36. The molecule has 126 valence electrons. The van der Waals surface area contributed by atoms with Crippen LogP contribution in [0.5, 0.6) is 5.75 Å². The zero-order valence-electron chi connectivity index (χ0n) is 13.7. The molecule has 0 saturated carbocycles. The lowest BCUT2D eigenvalue weighted by Crippen LogP contribution is -2.14. The molecule has 0 saturated heterocycles. The Labute approximate surface area is 150 Å². The van der Waals surface area contributed by atoms with Gasteiger partial charge in [0.05, 0.1) is 17.3 Å². The summed E-state index contributed by atoms with van der Waals surface area (Å²) in [6, 6.07) is 7.06. The number of benzene rings is 1. The lowest BCUT2D eigenvalue weighted by molar-refractivity contribution is 0.289. The monoisotopic (exact) mass is 363 g/mol. The van der Waals surface area contributed by atoms with E-state index in [1.165, 1.54) is 11.8 Å². The van der Waals surface area contributed by atoms with Crippen LogP contribution in [0.15, 0.2) is 28.2 Å². The summed E-state index contributed by atoms with van der Waals surface area (Å²) in [7, 11) is 0. The lowest BCUT2D eigenvalue weighted by atomic mass is 10.1. The van der Waals surface area contributed by atoms with E-state index in [4.69, 9.17) is 16.3 Å². The summed E-state index contributed by atoms with van der Waals surface area (Å²) in [5.41, 5.74) is 0.438. The molecule has 0 amide bonds. The maximum atomic E-state index is 12.0. The van der Waals surface area contributed by atoms with Crippen LogP contribution >= 0.6 is 23.4 Å². The highest BCUT2D eigenvalue weighted by atomic mass is 35.5. The second kappa shape index (κ2) is 8.22. The Kier molecular flexibility index (Phi) is 6.29. The molecule has 1 N–H and O–H groups in total. The number of hydrogen-bond donors (Lipinski definition) is 1. The molecule has 0 bridgehead atoms. The summed E-state index contributed by atoms with van der Waals surface area (Å²) in [5, 5.41) is 10.1. The summed E-state index contributed by atoms with van der Waals surface area (Å²) in [5.74, 6) is 1.13. The van der Waals surface area contributed by atoms with Gasteiger partial charge in [0.2, 0.25) is 0 Å². The van der Waals surface area contributed by atoms with Crippen LogP contribution in [0.25, 0.3) is 11.3 Å². The van der Waals surface area contributed by atoms with Gasteiger partial charge in [-0.05, 0) is 36.8 Å². The highest BCUT2D eigenvalue weighted by molar-refractivity contribution is 7.98. The van der Waals surface area contributed by atoms with Crippen molar-refractivity contribution in [1.82, 2.24) is 9.97 Å². The van der Waals surface area contributed by atoms with Gasteiger partial charge in [0.25, 0.3) is 5.56 Å². The Bertz CT molecular complexity index is 828. The first-order valence-corrected chi connectivity index (χ1v) is 9.07. The largest absolute Gasteiger partial charge is 0.492 e. The minimum absolute atomic E-state index is 0.0302. The average Bonchev–Trinajstić information content (AvgIpc) is 2.55. The Morgan fingerprint density at radius 1 is 1.46 bits per heavy atom. The Morgan fingerprint density at radius 3 is 2.79 bits per heavy atom. The van der Waals surface area contributed by atoms with Gasteiger partial charge in [-0.1, -0.05) is 37.2 Å². The first-order chi connectivity index (χ1) is 11.5. The van der Waals surface area contributed by atoms with Crippen LogP contribution in [0.3, 0.4) is 0 Å². The third-order valence-corrected chi connectivity index (χ3v) is 4.24. The van der Waals surface area contributed by atoms with Gasteiger partial charge in [-0.25, -0.2) is 4.98 Å². The van der Waals surface area contributed by atoms with Crippen LogP contribution < -0.4 is 10.3 Å². The van der Waals surface area contributed by atoms with Crippen LogP contribution in [0.4, 0.5) is 0 Å². The average molecular weight is 364 g/mol. The number of nitriles is 1.